The lowest BCUT2D eigenvalue weighted by atomic mass is 10.1. The number of nitrogens with one attached hydrogen (secondary N) is 2. The van der Waals surface area contributed by atoms with Crippen LogP contribution >= 0.6 is 0 Å². The predicted octanol–water partition coefficient (Wildman–Crippen LogP) is 2.55. The van der Waals surface area contributed by atoms with Crippen LogP contribution < -0.4 is 14.9 Å². The van der Waals surface area contributed by atoms with Gasteiger partial charge in [0.25, 0.3) is 15.9 Å². The SMILES string of the molecule is CCC(=O)N1CCc2cc(S(=O)(=O)Nc3ccccc3C(=O)NCCCOC)ccc21. The Morgan fingerprint density at radius 3 is 2.68 bits per heavy atom. The number of nitrogens with zero attached hydrogens (tertiary/aromatic N) is 1. The van der Waals surface area contributed by atoms with E-state index in [1.54, 1.807) is 55.3 Å². The van der Waals surface area contributed by atoms with Gasteiger partial charge in [0.15, 0.2) is 0 Å². The number of amides is 2. The lowest BCUT2D eigenvalue weighted by Gasteiger charge is -2.17. The number of carbonyl (C=O) groups excluding carboxylic acids is 2. The van der Waals surface area contributed by atoms with Crippen molar-refractivity contribution in [1.29, 1.82) is 0 Å². The normalized spacial score (nSPS) is 13.0. The molecule has 0 aliphatic carbocycles. The number of ether oxygens (including phenoxy) is 1. The number of hydrogen-bond acceptors (Lipinski definition) is 5. The molecule has 0 aromatic heterocycles. The highest BCUT2D eigenvalue weighted by atomic mass is 32.2. The molecule has 0 spiro atoms. The van der Waals surface area contributed by atoms with Gasteiger partial charge in [-0.3, -0.25) is 14.3 Å². The second kappa shape index (κ2) is 9.93. The van der Waals surface area contributed by atoms with Crippen molar-refractivity contribution in [2.45, 2.75) is 31.1 Å². The summed E-state index contributed by atoms with van der Waals surface area (Å²) < 4.78 is 33.5. The molecule has 1 heterocycles. The average molecular weight is 446 g/mol. The van der Waals surface area contributed by atoms with Crippen LogP contribution in [0, 0.1) is 0 Å². The number of fused-ring (bicyclic) bond motifs is 1. The minimum absolute atomic E-state index is 0.0120. The summed E-state index contributed by atoms with van der Waals surface area (Å²) in [6.45, 7) is 3.29. The van der Waals surface area contributed by atoms with E-state index in [0.29, 0.717) is 39.0 Å². The van der Waals surface area contributed by atoms with Crippen molar-refractivity contribution in [2.75, 3.05) is 36.4 Å². The lowest BCUT2D eigenvalue weighted by Crippen LogP contribution is -2.27. The molecule has 2 amide bonds. The first-order valence-corrected chi connectivity index (χ1v) is 11.7. The molecule has 3 rings (SSSR count). The zero-order valence-electron chi connectivity index (χ0n) is 17.7. The number of benzene rings is 2. The van der Waals surface area contributed by atoms with Crippen LogP contribution in [0.15, 0.2) is 47.4 Å². The van der Waals surface area contributed by atoms with Crippen LogP contribution in [0.3, 0.4) is 0 Å². The van der Waals surface area contributed by atoms with E-state index in [1.807, 2.05) is 0 Å². The van der Waals surface area contributed by atoms with Crippen LogP contribution in [-0.4, -0.2) is 47.0 Å². The van der Waals surface area contributed by atoms with Gasteiger partial charge in [0, 0.05) is 38.9 Å². The molecule has 0 unspecified atom stereocenters. The molecule has 2 aromatic carbocycles. The van der Waals surface area contributed by atoms with Crippen LogP contribution in [0.5, 0.6) is 0 Å². The molecule has 0 bridgehead atoms. The van der Waals surface area contributed by atoms with Crippen LogP contribution in [0.2, 0.25) is 0 Å². The third-order valence-electron chi connectivity index (χ3n) is 5.09. The molecular formula is C22H27N3O5S. The maximum Gasteiger partial charge on any atom is 0.261 e. The maximum atomic E-state index is 13.0. The monoisotopic (exact) mass is 445 g/mol. The van der Waals surface area contributed by atoms with Gasteiger partial charge >= 0.3 is 0 Å². The maximum absolute atomic E-state index is 13.0. The van der Waals surface area contributed by atoms with E-state index in [4.69, 9.17) is 4.74 Å². The zero-order valence-corrected chi connectivity index (χ0v) is 18.5. The number of methoxy groups -OCH3 is 1. The Morgan fingerprint density at radius 1 is 1.16 bits per heavy atom. The van der Waals surface area contributed by atoms with Crippen molar-refractivity contribution in [3.8, 4) is 0 Å². The molecule has 0 atom stereocenters. The molecule has 31 heavy (non-hydrogen) atoms. The molecule has 0 radical (unpaired) electrons. The Labute approximate surface area is 182 Å². The summed E-state index contributed by atoms with van der Waals surface area (Å²) in [5.41, 5.74) is 2.01. The Morgan fingerprint density at radius 2 is 1.94 bits per heavy atom. The Kier molecular flexibility index (Phi) is 7.29. The summed E-state index contributed by atoms with van der Waals surface area (Å²) in [6, 6.07) is 11.2. The predicted molar refractivity (Wildman–Crippen MR) is 119 cm³/mol. The molecule has 8 nitrogen and oxygen atoms in total. The summed E-state index contributed by atoms with van der Waals surface area (Å²) in [4.78, 5) is 26.3. The van der Waals surface area contributed by atoms with Crippen LogP contribution in [0.4, 0.5) is 11.4 Å². The summed E-state index contributed by atoms with van der Waals surface area (Å²) in [6.07, 6.45) is 1.65. The van der Waals surface area contributed by atoms with Crippen LogP contribution in [0.1, 0.15) is 35.7 Å². The van der Waals surface area contributed by atoms with Gasteiger partial charge in [0.1, 0.15) is 0 Å². The molecule has 2 aromatic rings. The number of sulfonamides is 1. The summed E-state index contributed by atoms with van der Waals surface area (Å²) in [5, 5.41) is 2.76. The van der Waals surface area contributed by atoms with E-state index >= 15 is 0 Å². The Balaban J connectivity index is 1.79. The van der Waals surface area contributed by atoms with Crippen LogP contribution in [0.25, 0.3) is 0 Å². The molecule has 0 saturated heterocycles. The summed E-state index contributed by atoms with van der Waals surface area (Å²) in [7, 11) is -2.33. The van der Waals surface area contributed by atoms with E-state index in [9.17, 15) is 18.0 Å². The fraction of sp³-hybridized carbons (Fsp3) is 0.364. The molecule has 1 aliphatic heterocycles. The largest absolute Gasteiger partial charge is 0.385 e. The third kappa shape index (κ3) is 5.23. The third-order valence-corrected chi connectivity index (χ3v) is 6.45. The lowest BCUT2D eigenvalue weighted by molar-refractivity contribution is -0.118. The number of hydrogen-bond donors (Lipinski definition) is 2. The van der Waals surface area contributed by atoms with Crippen LogP contribution in [-0.2, 0) is 26.0 Å². The van der Waals surface area contributed by atoms with Gasteiger partial charge in [-0.15, -0.1) is 0 Å². The van der Waals surface area contributed by atoms with E-state index in [-0.39, 0.29) is 28.0 Å². The van der Waals surface area contributed by atoms with E-state index in [0.717, 1.165) is 11.3 Å². The first-order chi connectivity index (χ1) is 14.9. The smallest absolute Gasteiger partial charge is 0.261 e. The second-order valence-electron chi connectivity index (χ2n) is 7.19. The number of para-hydroxylation sites is 1. The topological polar surface area (TPSA) is 105 Å². The van der Waals surface area contributed by atoms with Gasteiger partial charge in [0.2, 0.25) is 5.91 Å². The van der Waals surface area contributed by atoms with Gasteiger partial charge in [0.05, 0.1) is 16.1 Å². The zero-order chi connectivity index (χ0) is 22.4. The minimum atomic E-state index is -3.92. The van der Waals surface area contributed by atoms with Gasteiger partial charge in [-0.25, -0.2) is 8.42 Å². The van der Waals surface area contributed by atoms with Gasteiger partial charge in [-0.1, -0.05) is 19.1 Å². The summed E-state index contributed by atoms with van der Waals surface area (Å²) in [5.74, 6) is -0.352. The highest BCUT2D eigenvalue weighted by Gasteiger charge is 2.26. The molecule has 0 fully saturated rings. The first kappa shape index (κ1) is 22.8. The van der Waals surface area contributed by atoms with Crippen molar-refractivity contribution < 1.29 is 22.7 Å². The number of carbonyl (C=O) groups is 2. The van der Waals surface area contributed by atoms with Crippen molar-refractivity contribution in [2.24, 2.45) is 0 Å². The standard InChI is InChI=1S/C22H27N3O5S/c1-3-21(26)25-13-11-16-15-17(9-10-20(16)25)31(28,29)24-19-8-5-4-7-18(19)22(27)23-12-6-14-30-2/h4-5,7-10,15,24H,3,6,11-14H2,1-2H3,(H,23,27). The number of anilines is 2. The second-order valence-corrected chi connectivity index (χ2v) is 8.88. The van der Waals surface area contributed by atoms with E-state index in [2.05, 4.69) is 10.0 Å². The van der Waals surface area contributed by atoms with Gasteiger partial charge < -0.3 is 15.0 Å². The van der Waals surface area contributed by atoms with Crippen molar-refractivity contribution >= 4 is 33.2 Å². The minimum Gasteiger partial charge on any atom is -0.385 e. The fourth-order valence-electron chi connectivity index (χ4n) is 3.48. The molecule has 1 aliphatic rings. The van der Waals surface area contributed by atoms with Crippen molar-refractivity contribution in [3.63, 3.8) is 0 Å². The quantitative estimate of drug-likeness (QED) is 0.577. The van der Waals surface area contributed by atoms with Gasteiger partial charge in [-0.05, 0) is 48.7 Å². The Bertz CT molecular complexity index is 1070. The fourth-order valence-corrected chi connectivity index (χ4v) is 4.61. The molecule has 0 saturated carbocycles. The van der Waals surface area contributed by atoms with E-state index in [1.165, 1.54) is 6.07 Å². The molecular weight excluding hydrogens is 418 g/mol. The number of rotatable bonds is 9. The first-order valence-electron chi connectivity index (χ1n) is 10.2. The van der Waals surface area contributed by atoms with E-state index < -0.39 is 10.0 Å². The molecule has 166 valence electrons. The molecule has 9 heteroatoms. The highest BCUT2D eigenvalue weighted by molar-refractivity contribution is 7.92. The van der Waals surface area contributed by atoms with Gasteiger partial charge in [-0.2, -0.15) is 0 Å². The molecule has 2 N–H and O–H groups in total. The van der Waals surface area contributed by atoms with Crippen molar-refractivity contribution in [3.05, 3.63) is 53.6 Å². The summed E-state index contributed by atoms with van der Waals surface area (Å²) >= 11 is 0. The van der Waals surface area contributed by atoms with Crippen molar-refractivity contribution in [1.82, 2.24) is 5.32 Å². The average Bonchev–Trinajstić information content (AvgIpc) is 3.19. The highest BCUT2D eigenvalue weighted by Crippen LogP contribution is 2.31. The Hall–Kier alpha value is -2.91.